The van der Waals surface area contributed by atoms with Crippen LogP contribution in [0.1, 0.15) is 21.6 Å². The van der Waals surface area contributed by atoms with E-state index >= 15 is 0 Å². The van der Waals surface area contributed by atoms with Gasteiger partial charge in [0.1, 0.15) is 5.82 Å². The molecule has 0 aliphatic carbocycles. The summed E-state index contributed by atoms with van der Waals surface area (Å²) in [5, 5.41) is 7.04. The molecule has 0 radical (unpaired) electrons. The highest BCUT2D eigenvalue weighted by Crippen LogP contribution is 2.13. The number of likely N-dealkylation sites (N-methyl/N-ethyl adjacent to an activating group) is 1. The predicted molar refractivity (Wildman–Crippen MR) is 120 cm³/mol. The average molecular weight is 460 g/mol. The number of nitrogens with zero attached hydrogens (tertiary/aromatic N) is 4. The quantitative estimate of drug-likeness (QED) is 0.582. The summed E-state index contributed by atoms with van der Waals surface area (Å²) in [6, 6.07) is 10.8. The molecule has 8 nitrogen and oxygen atoms in total. The number of aryl methyl sites for hydroxylation is 1. The van der Waals surface area contributed by atoms with E-state index in [0.29, 0.717) is 22.7 Å². The summed E-state index contributed by atoms with van der Waals surface area (Å²) in [5.74, 6) is -1.26. The molecule has 168 valence electrons. The Morgan fingerprint density at radius 3 is 2.59 bits per heavy atom. The second-order valence-corrected chi connectivity index (χ2v) is 7.99. The number of aromatic nitrogens is 3. The lowest BCUT2D eigenvalue weighted by Gasteiger charge is -2.14. The molecule has 1 N–H and O–H groups in total. The first-order valence-corrected chi connectivity index (χ1v) is 10.2. The third-order valence-electron chi connectivity index (χ3n) is 4.75. The van der Waals surface area contributed by atoms with Crippen LogP contribution < -0.4 is 16.6 Å². The van der Waals surface area contributed by atoms with Crippen molar-refractivity contribution in [3.63, 3.8) is 0 Å². The van der Waals surface area contributed by atoms with Gasteiger partial charge in [0.15, 0.2) is 0 Å². The zero-order chi connectivity index (χ0) is 23.4. The Bertz CT molecular complexity index is 1270. The lowest BCUT2D eigenvalue weighted by atomic mass is 10.2. The second kappa shape index (κ2) is 9.88. The van der Waals surface area contributed by atoms with Crippen molar-refractivity contribution in [1.29, 1.82) is 0 Å². The summed E-state index contributed by atoms with van der Waals surface area (Å²) in [6.45, 7) is 2.27. The van der Waals surface area contributed by atoms with E-state index in [1.165, 1.54) is 12.1 Å². The van der Waals surface area contributed by atoms with Gasteiger partial charge in [0.25, 0.3) is 11.5 Å². The van der Waals surface area contributed by atoms with E-state index < -0.39 is 28.7 Å². The van der Waals surface area contributed by atoms with Gasteiger partial charge in [-0.15, -0.1) is 0 Å². The van der Waals surface area contributed by atoms with Gasteiger partial charge in [-0.3, -0.25) is 14.2 Å². The molecule has 0 saturated carbocycles. The van der Waals surface area contributed by atoms with Crippen LogP contribution in [0.2, 0.25) is 5.02 Å². The molecule has 1 aromatic heterocycles. The summed E-state index contributed by atoms with van der Waals surface area (Å²) in [7, 11) is 3.68. The van der Waals surface area contributed by atoms with Crippen molar-refractivity contribution < 1.29 is 9.18 Å². The van der Waals surface area contributed by atoms with Crippen molar-refractivity contribution >= 4 is 17.5 Å². The molecule has 3 aromatic rings. The highest BCUT2D eigenvalue weighted by molar-refractivity contribution is 6.30. The molecule has 10 heteroatoms. The van der Waals surface area contributed by atoms with Crippen LogP contribution >= 0.6 is 11.6 Å². The molecule has 0 atom stereocenters. The van der Waals surface area contributed by atoms with E-state index in [9.17, 15) is 18.8 Å². The standard InChI is InChI=1S/C22H23ClFN5O3/c1-14-7-8-17(12-18(14)24)29-22(32)28(13-15-5-4-6-16(23)11-15)21(31)19(26-29)20(30)25-9-10-27(2)3/h4-8,11-12H,9-10,13H2,1-3H3,(H,25,30). The van der Waals surface area contributed by atoms with Gasteiger partial charge in [0.2, 0.25) is 5.69 Å². The number of carbonyl (C=O) groups is 1. The zero-order valence-corrected chi connectivity index (χ0v) is 18.7. The first kappa shape index (κ1) is 23.4. The Morgan fingerprint density at radius 1 is 1.19 bits per heavy atom. The Kier molecular flexibility index (Phi) is 7.22. The average Bonchev–Trinajstić information content (AvgIpc) is 2.73. The molecule has 2 aromatic carbocycles. The largest absolute Gasteiger partial charge is 0.352 e. The molecule has 0 fully saturated rings. The topological polar surface area (TPSA) is 89.2 Å². The zero-order valence-electron chi connectivity index (χ0n) is 17.9. The Hall–Kier alpha value is -3.30. The third kappa shape index (κ3) is 5.30. The van der Waals surface area contributed by atoms with E-state index in [0.717, 1.165) is 15.3 Å². The van der Waals surface area contributed by atoms with Crippen LogP contribution in [0.15, 0.2) is 52.1 Å². The van der Waals surface area contributed by atoms with Crippen LogP contribution in [0, 0.1) is 12.7 Å². The molecule has 1 amide bonds. The molecule has 0 bridgehead atoms. The number of carbonyl (C=O) groups excluding carboxylic acids is 1. The number of halogens is 2. The van der Waals surface area contributed by atoms with Gasteiger partial charge in [-0.1, -0.05) is 29.8 Å². The summed E-state index contributed by atoms with van der Waals surface area (Å²) < 4.78 is 15.9. The van der Waals surface area contributed by atoms with E-state index in [1.807, 2.05) is 19.0 Å². The van der Waals surface area contributed by atoms with Crippen molar-refractivity contribution in [1.82, 2.24) is 24.6 Å². The van der Waals surface area contributed by atoms with Crippen molar-refractivity contribution in [3.05, 3.63) is 91.0 Å². The number of benzene rings is 2. The lowest BCUT2D eigenvalue weighted by molar-refractivity contribution is 0.0941. The SMILES string of the molecule is Cc1ccc(-n2nc(C(=O)NCCN(C)C)c(=O)n(Cc3cccc(Cl)c3)c2=O)cc1F. The molecule has 0 spiro atoms. The Labute approximate surface area is 188 Å². The monoisotopic (exact) mass is 459 g/mol. The molecular formula is C22H23ClFN5O3. The molecule has 3 rings (SSSR count). The van der Waals surface area contributed by atoms with Crippen LogP contribution in [0.3, 0.4) is 0 Å². The summed E-state index contributed by atoms with van der Waals surface area (Å²) in [5.41, 5.74) is -1.05. The van der Waals surface area contributed by atoms with Gasteiger partial charge in [-0.2, -0.15) is 9.78 Å². The van der Waals surface area contributed by atoms with Gasteiger partial charge in [-0.25, -0.2) is 9.18 Å². The smallest absolute Gasteiger partial charge is 0.349 e. The molecule has 0 saturated heterocycles. The number of hydrogen-bond acceptors (Lipinski definition) is 5. The fourth-order valence-electron chi connectivity index (χ4n) is 2.97. The minimum absolute atomic E-state index is 0.0975. The number of rotatable bonds is 7. The van der Waals surface area contributed by atoms with E-state index in [4.69, 9.17) is 11.6 Å². The van der Waals surface area contributed by atoms with Crippen LogP contribution in [-0.2, 0) is 6.54 Å². The van der Waals surface area contributed by atoms with E-state index in [1.54, 1.807) is 31.2 Å². The maximum Gasteiger partial charge on any atom is 0.352 e. The summed E-state index contributed by atoms with van der Waals surface area (Å²) >= 11 is 6.02. The van der Waals surface area contributed by atoms with Gasteiger partial charge in [0, 0.05) is 24.2 Å². The normalized spacial score (nSPS) is 11.1. The van der Waals surface area contributed by atoms with Crippen molar-refractivity contribution in [2.75, 3.05) is 27.2 Å². The Balaban J connectivity index is 2.14. The minimum Gasteiger partial charge on any atom is -0.349 e. The maximum absolute atomic E-state index is 14.2. The van der Waals surface area contributed by atoms with Crippen molar-refractivity contribution in [2.45, 2.75) is 13.5 Å². The third-order valence-corrected chi connectivity index (χ3v) is 4.98. The van der Waals surface area contributed by atoms with E-state index in [-0.39, 0.29) is 18.8 Å². The molecule has 1 heterocycles. The van der Waals surface area contributed by atoms with Gasteiger partial charge >= 0.3 is 5.69 Å². The maximum atomic E-state index is 14.2. The summed E-state index contributed by atoms with van der Waals surface area (Å²) in [6.07, 6.45) is 0. The molecule has 0 unspecified atom stereocenters. The second-order valence-electron chi connectivity index (χ2n) is 7.56. The van der Waals surface area contributed by atoms with Gasteiger partial charge < -0.3 is 10.2 Å². The van der Waals surface area contributed by atoms with Gasteiger partial charge in [-0.05, 0) is 50.3 Å². The predicted octanol–water partition coefficient (Wildman–Crippen LogP) is 1.83. The highest BCUT2D eigenvalue weighted by atomic mass is 35.5. The first-order valence-electron chi connectivity index (χ1n) is 9.85. The fourth-order valence-corrected chi connectivity index (χ4v) is 3.19. The van der Waals surface area contributed by atoms with Gasteiger partial charge in [0.05, 0.1) is 12.2 Å². The number of amides is 1. The lowest BCUT2D eigenvalue weighted by Crippen LogP contribution is -2.46. The Morgan fingerprint density at radius 2 is 1.94 bits per heavy atom. The molecule has 32 heavy (non-hydrogen) atoms. The molecular weight excluding hydrogens is 437 g/mol. The van der Waals surface area contributed by atoms with Crippen LogP contribution in [0.25, 0.3) is 5.69 Å². The minimum atomic E-state index is -0.846. The molecule has 0 aliphatic rings. The van der Waals surface area contributed by atoms with Crippen molar-refractivity contribution in [2.24, 2.45) is 0 Å². The molecule has 0 aliphatic heterocycles. The highest BCUT2D eigenvalue weighted by Gasteiger charge is 2.21. The van der Waals surface area contributed by atoms with Crippen LogP contribution in [0.4, 0.5) is 4.39 Å². The number of nitrogens with one attached hydrogen (secondary N) is 1. The first-order chi connectivity index (χ1) is 15.2. The van der Waals surface area contributed by atoms with E-state index in [2.05, 4.69) is 10.4 Å². The van der Waals surface area contributed by atoms with Crippen LogP contribution in [0.5, 0.6) is 0 Å². The van der Waals surface area contributed by atoms with Crippen molar-refractivity contribution in [3.8, 4) is 5.69 Å². The fraction of sp³-hybridized carbons (Fsp3) is 0.273. The van der Waals surface area contributed by atoms with Crippen LogP contribution in [-0.4, -0.2) is 52.3 Å². The number of hydrogen-bond donors (Lipinski definition) is 1. The summed E-state index contributed by atoms with van der Waals surface area (Å²) in [4.78, 5) is 40.7.